The van der Waals surface area contributed by atoms with Crippen LogP contribution in [0.25, 0.3) is 11.1 Å². The highest BCUT2D eigenvalue weighted by Crippen LogP contribution is 2.44. The molecule has 2 aromatic rings. The van der Waals surface area contributed by atoms with Gasteiger partial charge >= 0.3 is 12.1 Å². The van der Waals surface area contributed by atoms with Crippen LogP contribution in [0.3, 0.4) is 0 Å². The van der Waals surface area contributed by atoms with Crippen molar-refractivity contribution >= 4 is 18.0 Å². The minimum Gasteiger partial charge on any atom is -0.479 e. The van der Waals surface area contributed by atoms with Gasteiger partial charge in [-0.3, -0.25) is 4.79 Å². The number of carboxylic acids is 1. The van der Waals surface area contributed by atoms with Crippen LogP contribution in [0.2, 0.25) is 0 Å². The number of alkyl carbamates (subject to hydrolysis) is 1. The zero-order valence-corrected chi connectivity index (χ0v) is 16.5. The number of carbonyl (C=O) groups is 3. The molecule has 0 radical (unpaired) electrons. The van der Waals surface area contributed by atoms with E-state index in [1.165, 1.54) is 0 Å². The van der Waals surface area contributed by atoms with Crippen LogP contribution in [0.4, 0.5) is 4.79 Å². The minimum absolute atomic E-state index is 0.0562. The minimum atomic E-state index is -1.67. The molecule has 2 amide bonds. The number of amides is 2. The van der Waals surface area contributed by atoms with Gasteiger partial charge in [0.15, 0.2) is 6.10 Å². The average Bonchev–Trinajstić information content (AvgIpc) is 3.04. The third-order valence-electron chi connectivity index (χ3n) is 4.98. The topological polar surface area (TPSA) is 125 Å². The van der Waals surface area contributed by atoms with Crippen LogP contribution in [-0.4, -0.2) is 53.5 Å². The number of carboxylic acid groups (broad SMARTS) is 1. The van der Waals surface area contributed by atoms with Gasteiger partial charge in [0.2, 0.25) is 5.91 Å². The summed E-state index contributed by atoms with van der Waals surface area (Å²) < 4.78 is 5.42. The summed E-state index contributed by atoms with van der Waals surface area (Å²) in [5.41, 5.74) is 4.48. The third-order valence-corrected chi connectivity index (χ3v) is 4.98. The van der Waals surface area contributed by atoms with Crippen LogP contribution >= 0.6 is 0 Å². The molecular formula is C22H24N2O6. The largest absolute Gasteiger partial charge is 0.479 e. The molecule has 0 spiro atoms. The second kappa shape index (κ2) is 9.41. The van der Waals surface area contributed by atoms with Crippen molar-refractivity contribution in [1.29, 1.82) is 0 Å². The first-order valence-electron chi connectivity index (χ1n) is 9.66. The van der Waals surface area contributed by atoms with Crippen LogP contribution in [0, 0.1) is 0 Å². The molecule has 1 aliphatic carbocycles. The molecule has 2 atom stereocenters. The molecule has 0 unspecified atom stereocenters. The summed E-state index contributed by atoms with van der Waals surface area (Å²) in [6, 6.07) is 15.5. The number of nitrogens with one attached hydrogen (secondary N) is 2. The molecule has 4 N–H and O–H groups in total. The van der Waals surface area contributed by atoms with E-state index in [1.54, 1.807) is 6.92 Å². The molecule has 2 aromatic carbocycles. The molecule has 0 heterocycles. The molecule has 3 rings (SSSR count). The molecule has 30 heavy (non-hydrogen) atoms. The van der Waals surface area contributed by atoms with Crippen molar-refractivity contribution in [3.05, 3.63) is 59.7 Å². The lowest BCUT2D eigenvalue weighted by Gasteiger charge is -2.17. The van der Waals surface area contributed by atoms with Gasteiger partial charge in [0.05, 0.1) is 6.54 Å². The van der Waals surface area contributed by atoms with Gasteiger partial charge in [-0.05, 0) is 29.2 Å². The van der Waals surface area contributed by atoms with Gasteiger partial charge in [-0.1, -0.05) is 48.5 Å². The van der Waals surface area contributed by atoms with Gasteiger partial charge in [0.25, 0.3) is 0 Å². The molecule has 158 valence electrons. The lowest BCUT2D eigenvalue weighted by Crippen LogP contribution is -2.41. The summed E-state index contributed by atoms with van der Waals surface area (Å²) in [7, 11) is 0. The van der Waals surface area contributed by atoms with E-state index < -0.39 is 36.7 Å². The van der Waals surface area contributed by atoms with E-state index in [0.29, 0.717) is 0 Å². The monoisotopic (exact) mass is 412 g/mol. The first kappa shape index (κ1) is 21.3. The maximum absolute atomic E-state index is 12.2. The standard InChI is InChI=1S/C22H24N2O6/c1-13(10-20(26)23-11-19(25)21(27)28)24-22(29)30-12-18-16-8-4-2-6-14(16)15-7-3-5-9-17(15)18/h2-9,13,18-19,25H,10-12H2,1H3,(H,23,26)(H,24,29)(H,27,28)/t13-,19+/m1/s1. The number of aliphatic carboxylic acids is 1. The molecule has 8 heteroatoms. The summed E-state index contributed by atoms with van der Waals surface area (Å²) >= 11 is 0. The number of aliphatic hydroxyl groups excluding tert-OH is 1. The van der Waals surface area contributed by atoms with E-state index in [9.17, 15) is 14.4 Å². The van der Waals surface area contributed by atoms with Crippen LogP contribution in [0.1, 0.15) is 30.4 Å². The zero-order chi connectivity index (χ0) is 21.7. The number of ether oxygens (including phenoxy) is 1. The zero-order valence-electron chi connectivity index (χ0n) is 16.5. The smallest absolute Gasteiger partial charge is 0.407 e. The Morgan fingerprint density at radius 1 is 1.03 bits per heavy atom. The number of benzene rings is 2. The number of fused-ring (bicyclic) bond motifs is 3. The van der Waals surface area contributed by atoms with E-state index in [4.69, 9.17) is 14.9 Å². The van der Waals surface area contributed by atoms with Gasteiger partial charge in [0.1, 0.15) is 6.61 Å². The molecular weight excluding hydrogens is 388 g/mol. The summed E-state index contributed by atoms with van der Waals surface area (Å²) in [4.78, 5) is 34.5. The molecule has 0 bridgehead atoms. The lowest BCUT2D eigenvalue weighted by atomic mass is 9.98. The molecule has 8 nitrogen and oxygen atoms in total. The van der Waals surface area contributed by atoms with Gasteiger partial charge in [-0.15, -0.1) is 0 Å². The number of hydrogen-bond donors (Lipinski definition) is 4. The van der Waals surface area contributed by atoms with Gasteiger partial charge in [0, 0.05) is 18.4 Å². The summed E-state index contributed by atoms with van der Waals surface area (Å²) in [6.45, 7) is 1.41. The van der Waals surface area contributed by atoms with Crippen molar-refractivity contribution in [3.8, 4) is 11.1 Å². The summed E-state index contributed by atoms with van der Waals surface area (Å²) in [5, 5.41) is 22.7. The third kappa shape index (κ3) is 4.96. The van der Waals surface area contributed by atoms with E-state index in [2.05, 4.69) is 22.8 Å². The van der Waals surface area contributed by atoms with Gasteiger partial charge in [-0.25, -0.2) is 9.59 Å². The molecule has 1 aliphatic rings. The van der Waals surface area contributed by atoms with Crippen LogP contribution in [0.15, 0.2) is 48.5 Å². The quantitative estimate of drug-likeness (QED) is 0.525. The van der Waals surface area contributed by atoms with Gasteiger partial charge in [-0.2, -0.15) is 0 Å². The van der Waals surface area contributed by atoms with Crippen molar-refractivity contribution < 1.29 is 29.3 Å². The summed E-state index contributed by atoms with van der Waals surface area (Å²) in [6.07, 6.45) is -2.38. The first-order valence-corrected chi connectivity index (χ1v) is 9.66. The van der Waals surface area contributed by atoms with Crippen molar-refractivity contribution in [2.24, 2.45) is 0 Å². The average molecular weight is 412 g/mol. The fourth-order valence-corrected chi connectivity index (χ4v) is 3.54. The van der Waals surface area contributed by atoms with Crippen LogP contribution in [0.5, 0.6) is 0 Å². The Balaban J connectivity index is 1.50. The Morgan fingerprint density at radius 3 is 2.17 bits per heavy atom. The Bertz CT molecular complexity index is 899. The van der Waals surface area contributed by atoms with Crippen LogP contribution < -0.4 is 10.6 Å². The Hall–Kier alpha value is -3.39. The van der Waals surface area contributed by atoms with E-state index in [-0.39, 0.29) is 18.9 Å². The predicted octanol–water partition coefficient (Wildman–Crippen LogP) is 1.87. The van der Waals surface area contributed by atoms with Crippen molar-refractivity contribution in [2.45, 2.75) is 31.4 Å². The Labute approximate surface area is 173 Å². The van der Waals surface area contributed by atoms with E-state index in [1.807, 2.05) is 36.4 Å². The fourth-order valence-electron chi connectivity index (χ4n) is 3.54. The molecule has 0 aliphatic heterocycles. The number of rotatable bonds is 8. The number of aliphatic hydroxyl groups is 1. The predicted molar refractivity (Wildman–Crippen MR) is 109 cm³/mol. The maximum atomic E-state index is 12.2. The van der Waals surface area contributed by atoms with Crippen LogP contribution in [-0.2, 0) is 14.3 Å². The van der Waals surface area contributed by atoms with Gasteiger partial charge < -0.3 is 25.6 Å². The summed E-state index contributed by atoms with van der Waals surface area (Å²) in [5.74, 6) is -1.96. The highest BCUT2D eigenvalue weighted by atomic mass is 16.5. The Morgan fingerprint density at radius 2 is 1.60 bits per heavy atom. The van der Waals surface area contributed by atoms with Crippen molar-refractivity contribution in [3.63, 3.8) is 0 Å². The molecule has 0 saturated carbocycles. The van der Waals surface area contributed by atoms with E-state index >= 15 is 0 Å². The normalized spacial score (nSPS) is 14.2. The molecule has 0 aromatic heterocycles. The highest BCUT2D eigenvalue weighted by Gasteiger charge is 2.29. The molecule has 0 saturated heterocycles. The first-order chi connectivity index (χ1) is 14.4. The van der Waals surface area contributed by atoms with E-state index in [0.717, 1.165) is 22.3 Å². The second-order valence-electron chi connectivity index (χ2n) is 7.23. The van der Waals surface area contributed by atoms with Crippen molar-refractivity contribution in [1.82, 2.24) is 10.6 Å². The second-order valence-corrected chi connectivity index (χ2v) is 7.23. The molecule has 0 fully saturated rings. The number of carbonyl (C=O) groups excluding carboxylic acids is 2. The number of hydrogen-bond acceptors (Lipinski definition) is 5. The maximum Gasteiger partial charge on any atom is 0.407 e. The van der Waals surface area contributed by atoms with Crippen molar-refractivity contribution in [2.75, 3.05) is 13.2 Å². The highest BCUT2D eigenvalue weighted by molar-refractivity contribution is 5.80. The fraction of sp³-hybridized carbons (Fsp3) is 0.318. The Kier molecular flexibility index (Phi) is 6.68. The SMILES string of the molecule is C[C@H](CC(=O)NC[C@H](O)C(=O)O)NC(=O)OCC1c2ccccc2-c2ccccc21. The lowest BCUT2D eigenvalue weighted by molar-refractivity contribution is -0.146.